The van der Waals surface area contributed by atoms with Crippen molar-refractivity contribution in [2.24, 2.45) is 0 Å². The predicted molar refractivity (Wildman–Crippen MR) is 70.1 cm³/mol. The number of hydrogen-bond acceptors (Lipinski definition) is 4. The second kappa shape index (κ2) is 10.8. The Bertz CT molecular complexity index is 282. The lowest BCUT2D eigenvalue weighted by molar-refractivity contribution is -0.144. The highest BCUT2D eigenvalue weighted by molar-refractivity contribution is 5.89. The number of allylic oxidation sites excluding steroid dienone is 1. The summed E-state index contributed by atoms with van der Waals surface area (Å²) in [5.41, 5.74) is 0.440. The largest absolute Gasteiger partial charge is 0.462 e. The van der Waals surface area contributed by atoms with E-state index in [1.54, 1.807) is 13.0 Å². The molecule has 0 heterocycles. The number of esters is 2. The third kappa shape index (κ3) is 7.87. The van der Waals surface area contributed by atoms with E-state index in [-0.39, 0.29) is 18.5 Å². The van der Waals surface area contributed by atoms with Gasteiger partial charge in [0.05, 0.1) is 12.2 Å². The Balaban J connectivity index is 4.29. The highest BCUT2D eigenvalue weighted by Crippen LogP contribution is 2.05. The molecule has 0 N–H and O–H groups in total. The Kier molecular flexibility index (Phi) is 10.0. The van der Waals surface area contributed by atoms with Gasteiger partial charge in [0, 0.05) is 6.42 Å². The van der Waals surface area contributed by atoms with Crippen LogP contribution in [0.15, 0.2) is 11.6 Å². The highest BCUT2D eigenvalue weighted by atomic mass is 16.5. The van der Waals surface area contributed by atoms with Crippen LogP contribution in [0, 0.1) is 0 Å². The van der Waals surface area contributed by atoms with Crippen LogP contribution in [-0.4, -0.2) is 25.2 Å². The van der Waals surface area contributed by atoms with E-state index in [1.807, 2.05) is 13.8 Å². The van der Waals surface area contributed by atoms with E-state index in [9.17, 15) is 9.59 Å². The molecule has 0 atom stereocenters. The lowest BCUT2D eigenvalue weighted by Crippen LogP contribution is -2.16. The van der Waals surface area contributed by atoms with E-state index in [0.717, 1.165) is 25.7 Å². The molecule has 0 bridgehead atoms. The fraction of sp³-hybridized carbons (Fsp3) is 0.714. The molecule has 18 heavy (non-hydrogen) atoms. The standard InChI is InChI=1S/C14H24O4/c1-4-7-9-12(11-18-13(15)6-3)14(16)17-10-8-5-2/h9H,4-8,10-11H2,1-3H3. The zero-order valence-corrected chi connectivity index (χ0v) is 11.7. The minimum atomic E-state index is -0.374. The van der Waals surface area contributed by atoms with Gasteiger partial charge >= 0.3 is 11.9 Å². The summed E-state index contributed by atoms with van der Waals surface area (Å²) in [4.78, 5) is 22.8. The molecule has 0 aliphatic heterocycles. The molecule has 0 aromatic rings. The smallest absolute Gasteiger partial charge is 0.337 e. The second-order valence-corrected chi connectivity index (χ2v) is 4.02. The lowest BCUT2D eigenvalue weighted by Gasteiger charge is -2.08. The normalized spacial score (nSPS) is 11.2. The summed E-state index contributed by atoms with van der Waals surface area (Å²) in [6.07, 6.45) is 5.65. The van der Waals surface area contributed by atoms with E-state index in [1.165, 1.54) is 0 Å². The number of carbonyl (C=O) groups excluding carboxylic acids is 2. The maximum absolute atomic E-state index is 11.7. The Morgan fingerprint density at radius 1 is 1.06 bits per heavy atom. The molecule has 0 radical (unpaired) electrons. The van der Waals surface area contributed by atoms with Crippen molar-refractivity contribution in [3.05, 3.63) is 11.6 Å². The van der Waals surface area contributed by atoms with E-state index in [4.69, 9.17) is 9.47 Å². The minimum absolute atomic E-state index is 0.0115. The van der Waals surface area contributed by atoms with Crippen molar-refractivity contribution in [1.29, 1.82) is 0 Å². The van der Waals surface area contributed by atoms with Crippen molar-refractivity contribution in [1.82, 2.24) is 0 Å². The maximum Gasteiger partial charge on any atom is 0.337 e. The molecule has 0 aromatic heterocycles. The Morgan fingerprint density at radius 2 is 1.78 bits per heavy atom. The van der Waals surface area contributed by atoms with Crippen molar-refractivity contribution >= 4 is 11.9 Å². The van der Waals surface area contributed by atoms with Crippen LogP contribution in [0.25, 0.3) is 0 Å². The summed E-state index contributed by atoms with van der Waals surface area (Å²) >= 11 is 0. The molecule has 104 valence electrons. The van der Waals surface area contributed by atoms with E-state index in [2.05, 4.69) is 0 Å². The van der Waals surface area contributed by atoms with Crippen LogP contribution in [0.3, 0.4) is 0 Å². The average molecular weight is 256 g/mol. The average Bonchev–Trinajstić information content (AvgIpc) is 2.38. The first-order valence-electron chi connectivity index (χ1n) is 6.67. The number of carbonyl (C=O) groups is 2. The quantitative estimate of drug-likeness (QED) is 0.361. The molecular formula is C14H24O4. The fourth-order valence-corrected chi connectivity index (χ4v) is 1.18. The Morgan fingerprint density at radius 3 is 2.33 bits per heavy atom. The molecule has 4 nitrogen and oxygen atoms in total. The molecule has 0 amide bonds. The number of ether oxygens (including phenoxy) is 2. The molecule has 0 rings (SSSR count). The molecule has 4 heteroatoms. The van der Waals surface area contributed by atoms with Gasteiger partial charge in [0.1, 0.15) is 6.61 Å². The van der Waals surface area contributed by atoms with Gasteiger partial charge in [0.2, 0.25) is 0 Å². The van der Waals surface area contributed by atoms with Crippen molar-refractivity contribution in [2.75, 3.05) is 13.2 Å². The van der Waals surface area contributed by atoms with Crippen LogP contribution < -0.4 is 0 Å². The van der Waals surface area contributed by atoms with Gasteiger partial charge in [-0.25, -0.2) is 4.79 Å². The highest BCUT2D eigenvalue weighted by Gasteiger charge is 2.12. The van der Waals surface area contributed by atoms with Gasteiger partial charge in [-0.3, -0.25) is 4.79 Å². The molecule has 0 fully saturated rings. The third-order valence-corrected chi connectivity index (χ3v) is 2.35. The SMILES string of the molecule is CCCC=C(COC(=O)CC)C(=O)OCCCC. The Hall–Kier alpha value is -1.32. The first-order valence-corrected chi connectivity index (χ1v) is 6.67. The first-order chi connectivity index (χ1) is 8.65. The van der Waals surface area contributed by atoms with E-state index in [0.29, 0.717) is 18.6 Å². The van der Waals surface area contributed by atoms with Crippen LogP contribution in [0.5, 0.6) is 0 Å². The van der Waals surface area contributed by atoms with E-state index < -0.39 is 0 Å². The fourth-order valence-electron chi connectivity index (χ4n) is 1.18. The van der Waals surface area contributed by atoms with Gasteiger partial charge in [-0.1, -0.05) is 39.7 Å². The molecule has 0 unspecified atom stereocenters. The molecule has 0 aromatic carbocycles. The van der Waals surface area contributed by atoms with Crippen molar-refractivity contribution in [2.45, 2.75) is 52.9 Å². The van der Waals surface area contributed by atoms with Gasteiger partial charge in [-0.15, -0.1) is 0 Å². The van der Waals surface area contributed by atoms with E-state index >= 15 is 0 Å². The predicted octanol–water partition coefficient (Wildman–Crippen LogP) is 3.01. The summed E-state index contributed by atoms with van der Waals surface area (Å²) in [6.45, 7) is 6.20. The maximum atomic E-state index is 11.7. The van der Waals surface area contributed by atoms with Crippen molar-refractivity contribution in [3.8, 4) is 0 Å². The van der Waals surface area contributed by atoms with Crippen LogP contribution in [0.4, 0.5) is 0 Å². The summed E-state index contributed by atoms with van der Waals surface area (Å²) in [5, 5.41) is 0. The van der Waals surface area contributed by atoms with Crippen LogP contribution in [0.2, 0.25) is 0 Å². The second-order valence-electron chi connectivity index (χ2n) is 4.02. The zero-order valence-electron chi connectivity index (χ0n) is 11.7. The van der Waals surface area contributed by atoms with Crippen LogP contribution in [-0.2, 0) is 19.1 Å². The Labute approximate surface area is 109 Å². The van der Waals surface area contributed by atoms with Crippen LogP contribution >= 0.6 is 0 Å². The summed E-state index contributed by atoms with van der Waals surface area (Å²) in [7, 11) is 0. The number of hydrogen-bond donors (Lipinski definition) is 0. The van der Waals surface area contributed by atoms with Gasteiger partial charge < -0.3 is 9.47 Å². The van der Waals surface area contributed by atoms with Crippen molar-refractivity contribution < 1.29 is 19.1 Å². The van der Waals surface area contributed by atoms with Gasteiger partial charge in [0.25, 0.3) is 0 Å². The summed E-state index contributed by atoms with van der Waals surface area (Å²) in [5.74, 6) is -0.681. The summed E-state index contributed by atoms with van der Waals surface area (Å²) < 4.78 is 10.1. The topological polar surface area (TPSA) is 52.6 Å². The van der Waals surface area contributed by atoms with Gasteiger partial charge in [0.15, 0.2) is 0 Å². The van der Waals surface area contributed by atoms with Gasteiger partial charge in [-0.2, -0.15) is 0 Å². The molecule has 0 spiro atoms. The van der Waals surface area contributed by atoms with Crippen LogP contribution in [0.1, 0.15) is 52.9 Å². The molecule has 0 saturated heterocycles. The number of unbranched alkanes of at least 4 members (excludes halogenated alkanes) is 2. The molecule has 0 saturated carbocycles. The number of rotatable bonds is 9. The zero-order chi connectivity index (χ0) is 13.8. The van der Waals surface area contributed by atoms with Gasteiger partial charge in [-0.05, 0) is 12.8 Å². The third-order valence-electron chi connectivity index (χ3n) is 2.35. The minimum Gasteiger partial charge on any atom is -0.462 e. The summed E-state index contributed by atoms with van der Waals surface area (Å²) in [6, 6.07) is 0. The molecular weight excluding hydrogens is 232 g/mol. The first kappa shape index (κ1) is 16.7. The monoisotopic (exact) mass is 256 g/mol. The van der Waals surface area contributed by atoms with Crippen molar-refractivity contribution in [3.63, 3.8) is 0 Å². The molecule has 0 aliphatic rings. The lowest BCUT2D eigenvalue weighted by atomic mass is 10.2. The molecule has 0 aliphatic carbocycles.